The Morgan fingerprint density at radius 2 is 2.07 bits per heavy atom. The fourth-order valence-electron chi connectivity index (χ4n) is 3.11. The minimum Gasteiger partial charge on any atom is -0.443 e. The van der Waals surface area contributed by atoms with E-state index in [0.29, 0.717) is 13.1 Å². The molecule has 6 nitrogen and oxygen atoms in total. The third kappa shape index (κ3) is 5.48. The van der Waals surface area contributed by atoms with Crippen LogP contribution in [0.3, 0.4) is 0 Å². The molecule has 2 N–H and O–H groups in total. The molecule has 3 amide bonds. The molecular formula is C21H27N3O3S. The standard InChI is InChI=1S/C21H27N3O3S/c1-21(2,3)27-20(26)24-12-4-6-15-14-16(8-9-18(15)24)23-19(25)22-11-10-17-7-5-13-28-17/h5,7-9,13-14H,4,6,10-12H2,1-3H3,(H2,22,23,25). The number of nitrogens with one attached hydrogen (secondary N) is 2. The molecule has 0 radical (unpaired) electrons. The van der Waals surface area contributed by atoms with Gasteiger partial charge in [0, 0.05) is 23.7 Å². The molecule has 28 heavy (non-hydrogen) atoms. The zero-order valence-electron chi connectivity index (χ0n) is 16.6. The lowest BCUT2D eigenvalue weighted by Gasteiger charge is -2.32. The molecule has 0 unspecified atom stereocenters. The maximum absolute atomic E-state index is 12.5. The number of anilines is 2. The first-order chi connectivity index (χ1) is 13.3. The molecule has 7 heteroatoms. The SMILES string of the molecule is CC(C)(C)OC(=O)N1CCCc2cc(NC(=O)NCCc3cccs3)ccc21. The molecule has 1 aliphatic rings. The van der Waals surface area contributed by atoms with E-state index < -0.39 is 5.60 Å². The van der Waals surface area contributed by atoms with Crippen molar-refractivity contribution in [2.75, 3.05) is 23.3 Å². The van der Waals surface area contributed by atoms with Gasteiger partial charge in [-0.3, -0.25) is 4.90 Å². The molecule has 0 atom stereocenters. The van der Waals surface area contributed by atoms with Gasteiger partial charge in [-0.25, -0.2) is 9.59 Å². The van der Waals surface area contributed by atoms with Crippen LogP contribution in [0.5, 0.6) is 0 Å². The highest BCUT2D eigenvalue weighted by Gasteiger charge is 2.27. The molecule has 0 saturated heterocycles. The first-order valence-corrected chi connectivity index (χ1v) is 10.4. The first-order valence-electron chi connectivity index (χ1n) is 9.52. The number of hydrogen-bond donors (Lipinski definition) is 2. The van der Waals surface area contributed by atoms with Crippen LogP contribution in [-0.4, -0.2) is 30.8 Å². The van der Waals surface area contributed by atoms with Crippen molar-refractivity contribution in [2.45, 2.75) is 45.6 Å². The Morgan fingerprint density at radius 3 is 2.79 bits per heavy atom. The van der Waals surface area contributed by atoms with Gasteiger partial charge in [0.05, 0.1) is 5.69 Å². The second-order valence-electron chi connectivity index (χ2n) is 7.79. The van der Waals surface area contributed by atoms with E-state index in [1.54, 1.807) is 16.2 Å². The highest BCUT2D eigenvalue weighted by Crippen LogP contribution is 2.31. The first kappa shape index (κ1) is 20.2. The molecule has 1 aromatic heterocycles. The molecule has 2 heterocycles. The summed E-state index contributed by atoms with van der Waals surface area (Å²) >= 11 is 1.69. The number of amides is 3. The normalized spacial score (nSPS) is 13.6. The summed E-state index contributed by atoms with van der Waals surface area (Å²) in [5.74, 6) is 0. The van der Waals surface area contributed by atoms with E-state index in [4.69, 9.17) is 4.74 Å². The molecule has 1 aliphatic heterocycles. The average Bonchev–Trinajstić information content (AvgIpc) is 3.13. The Hall–Kier alpha value is -2.54. The fraction of sp³-hybridized carbons (Fsp3) is 0.429. The van der Waals surface area contributed by atoms with Crippen molar-refractivity contribution < 1.29 is 14.3 Å². The minimum absolute atomic E-state index is 0.226. The van der Waals surface area contributed by atoms with Crippen molar-refractivity contribution in [1.82, 2.24) is 5.32 Å². The zero-order valence-corrected chi connectivity index (χ0v) is 17.4. The van der Waals surface area contributed by atoms with Gasteiger partial charge in [-0.15, -0.1) is 11.3 Å². The number of urea groups is 1. The average molecular weight is 402 g/mol. The lowest BCUT2D eigenvalue weighted by Crippen LogP contribution is -2.39. The number of benzene rings is 1. The third-order valence-corrected chi connectivity index (χ3v) is 5.24. The topological polar surface area (TPSA) is 70.7 Å². The predicted molar refractivity (Wildman–Crippen MR) is 113 cm³/mol. The number of nitrogens with zero attached hydrogens (tertiary/aromatic N) is 1. The van der Waals surface area contributed by atoms with Crippen LogP contribution in [0.2, 0.25) is 0 Å². The molecule has 150 valence electrons. The van der Waals surface area contributed by atoms with E-state index in [0.717, 1.165) is 36.2 Å². The van der Waals surface area contributed by atoms with Gasteiger partial charge in [0.15, 0.2) is 0 Å². The van der Waals surface area contributed by atoms with Crippen LogP contribution in [0.15, 0.2) is 35.7 Å². The second kappa shape index (κ2) is 8.65. The molecule has 0 fully saturated rings. The van der Waals surface area contributed by atoms with Crippen molar-refractivity contribution in [3.8, 4) is 0 Å². The van der Waals surface area contributed by atoms with Gasteiger partial charge >= 0.3 is 12.1 Å². The van der Waals surface area contributed by atoms with E-state index in [2.05, 4.69) is 16.7 Å². The smallest absolute Gasteiger partial charge is 0.414 e. The molecule has 0 aliphatic carbocycles. The Kier molecular flexibility index (Phi) is 6.24. The van der Waals surface area contributed by atoms with Gasteiger partial charge in [-0.1, -0.05) is 6.07 Å². The summed E-state index contributed by atoms with van der Waals surface area (Å²) < 4.78 is 5.51. The summed E-state index contributed by atoms with van der Waals surface area (Å²) in [5, 5.41) is 7.78. The van der Waals surface area contributed by atoms with Gasteiger partial charge in [-0.05, 0) is 75.2 Å². The summed E-state index contributed by atoms with van der Waals surface area (Å²) in [6.45, 7) is 6.81. The van der Waals surface area contributed by atoms with Gasteiger partial charge in [-0.2, -0.15) is 0 Å². The van der Waals surface area contributed by atoms with Crippen molar-refractivity contribution in [1.29, 1.82) is 0 Å². The number of aryl methyl sites for hydroxylation is 1. The molecule has 2 aromatic rings. The number of carbonyl (C=O) groups is 2. The molecule has 3 rings (SSSR count). The van der Waals surface area contributed by atoms with E-state index in [-0.39, 0.29) is 12.1 Å². The van der Waals surface area contributed by atoms with Crippen LogP contribution in [0.4, 0.5) is 21.0 Å². The minimum atomic E-state index is -0.530. The fourth-order valence-corrected chi connectivity index (χ4v) is 3.82. The van der Waals surface area contributed by atoms with E-state index in [1.165, 1.54) is 4.88 Å². The molecule has 0 spiro atoms. The lowest BCUT2D eigenvalue weighted by atomic mass is 10.0. The zero-order chi connectivity index (χ0) is 20.1. The monoisotopic (exact) mass is 401 g/mol. The molecule has 0 bridgehead atoms. The van der Waals surface area contributed by atoms with E-state index in [9.17, 15) is 9.59 Å². The number of carbonyl (C=O) groups excluding carboxylic acids is 2. The van der Waals surface area contributed by atoms with Crippen LogP contribution in [0.25, 0.3) is 0 Å². The maximum atomic E-state index is 12.5. The third-order valence-electron chi connectivity index (χ3n) is 4.31. The van der Waals surface area contributed by atoms with Crippen LogP contribution >= 0.6 is 11.3 Å². The van der Waals surface area contributed by atoms with E-state index in [1.807, 2.05) is 50.4 Å². The Labute approximate surface area is 169 Å². The van der Waals surface area contributed by atoms with Gasteiger partial charge in [0.2, 0.25) is 0 Å². The van der Waals surface area contributed by atoms with Crippen molar-refractivity contribution in [2.24, 2.45) is 0 Å². The van der Waals surface area contributed by atoms with Gasteiger partial charge in [0.25, 0.3) is 0 Å². The van der Waals surface area contributed by atoms with Crippen LogP contribution in [0.1, 0.15) is 37.6 Å². The summed E-state index contributed by atoms with van der Waals surface area (Å²) in [6.07, 6.45) is 2.22. The lowest BCUT2D eigenvalue weighted by molar-refractivity contribution is 0.0578. The molecule has 1 aromatic carbocycles. The Balaban J connectivity index is 1.59. The largest absolute Gasteiger partial charge is 0.443 e. The number of fused-ring (bicyclic) bond motifs is 1. The highest BCUT2D eigenvalue weighted by molar-refractivity contribution is 7.09. The quantitative estimate of drug-likeness (QED) is 0.773. The Morgan fingerprint density at radius 1 is 1.25 bits per heavy atom. The number of thiophene rings is 1. The highest BCUT2D eigenvalue weighted by atomic mass is 32.1. The van der Waals surface area contributed by atoms with Crippen molar-refractivity contribution >= 4 is 34.8 Å². The van der Waals surface area contributed by atoms with Crippen LogP contribution < -0.4 is 15.5 Å². The summed E-state index contributed by atoms with van der Waals surface area (Å²) in [5.41, 5.74) is 2.08. The predicted octanol–water partition coefficient (Wildman–Crippen LogP) is 4.80. The number of rotatable bonds is 4. The Bertz CT molecular complexity index is 828. The second-order valence-corrected chi connectivity index (χ2v) is 8.82. The maximum Gasteiger partial charge on any atom is 0.414 e. The van der Waals surface area contributed by atoms with Gasteiger partial charge in [0.1, 0.15) is 5.60 Å². The summed E-state index contributed by atoms with van der Waals surface area (Å²) in [7, 11) is 0. The molecule has 0 saturated carbocycles. The van der Waals surface area contributed by atoms with Crippen LogP contribution in [-0.2, 0) is 17.6 Å². The van der Waals surface area contributed by atoms with Crippen molar-refractivity contribution in [3.05, 3.63) is 46.2 Å². The van der Waals surface area contributed by atoms with Gasteiger partial charge < -0.3 is 15.4 Å². The van der Waals surface area contributed by atoms with Crippen LogP contribution in [0, 0.1) is 0 Å². The van der Waals surface area contributed by atoms with E-state index >= 15 is 0 Å². The number of hydrogen-bond acceptors (Lipinski definition) is 4. The van der Waals surface area contributed by atoms with Crippen molar-refractivity contribution in [3.63, 3.8) is 0 Å². The summed E-state index contributed by atoms with van der Waals surface area (Å²) in [6, 6.07) is 9.47. The summed E-state index contributed by atoms with van der Waals surface area (Å²) in [4.78, 5) is 27.5. The molecular weight excluding hydrogens is 374 g/mol. The number of ether oxygens (including phenoxy) is 1.